The maximum Gasteiger partial charge on any atom is 0.256 e. The number of likely N-dealkylation sites (tertiary alicyclic amines) is 1. The minimum Gasteiger partial charge on any atom is -0.397 e. The smallest absolute Gasteiger partial charge is 0.256 e. The Morgan fingerprint density at radius 1 is 1.50 bits per heavy atom. The summed E-state index contributed by atoms with van der Waals surface area (Å²) < 4.78 is 0. The fraction of sp³-hybridized carbons (Fsp3) is 0.462. The minimum atomic E-state index is -0.775. The highest BCUT2D eigenvalue weighted by molar-refractivity contribution is 6.33. The van der Waals surface area contributed by atoms with E-state index in [2.05, 4.69) is 0 Å². The van der Waals surface area contributed by atoms with Crippen LogP contribution in [0.25, 0.3) is 0 Å². The van der Waals surface area contributed by atoms with Crippen molar-refractivity contribution >= 4 is 23.2 Å². The third kappa shape index (κ3) is 2.06. The van der Waals surface area contributed by atoms with Crippen LogP contribution in [0.15, 0.2) is 18.2 Å². The number of nitrogens with zero attached hydrogens (tertiary/aromatic N) is 1. The Morgan fingerprint density at radius 2 is 2.11 bits per heavy atom. The summed E-state index contributed by atoms with van der Waals surface area (Å²) in [6.07, 6.45) is 0. The fourth-order valence-electron chi connectivity index (χ4n) is 2.02. The topological polar surface area (TPSA) is 66.6 Å². The van der Waals surface area contributed by atoms with E-state index in [1.807, 2.05) is 13.8 Å². The summed E-state index contributed by atoms with van der Waals surface area (Å²) in [5, 5.41) is 10.5. The molecule has 0 bridgehead atoms. The number of halogens is 1. The number of rotatable bonds is 2. The quantitative estimate of drug-likeness (QED) is 0.804. The number of nitrogens with two attached hydrogens (primary N) is 1. The predicted molar refractivity (Wildman–Crippen MR) is 71.6 cm³/mol. The second-order valence-corrected chi connectivity index (χ2v) is 5.53. The summed E-state index contributed by atoms with van der Waals surface area (Å²) >= 11 is 5.89. The first kappa shape index (κ1) is 13.2. The third-order valence-corrected chi connectivity index (χ3v) is 3.90. The van der Waals surface area contributed by atoms with Crippen LogP contribution in [0.1, 0.15) is 24.2 Å². The minimum absolute atomic E-state index is 0.123. The number of hydrogen-bond acceptors (Lipinski definition) is 3. The van der Waals surface area contributed by atoms with Crippen LogP contribution in [0.4, 0.5) is 5.69 Å². The van der Waals surface area contributed by atoms with Crippen LogP contribution in [0, 0.1) is 5.92 Å². The summed E-state index contributed by atoms with van der Waals surface area (Å²) in [5.74, 6) is -0.0569. The van der Waals surface area contributed by atoms with Gasteiger partial charge in [-0.3, -0.25) is 4.79 Å². The summed E-state index contributed by atoms with van der Waals surface area (Å²) in [6.45, 7) is 4.57. The van der Waals surface area contributed by atoms with Crippen LogP contribution in [0.5, 0.6) is 0 Å². The van der Waals surface area contributed by atoms with Crippen molar-refractivity contribution in [1.29, 1.82) is 0 Å². The van der Waals surface area contributed by atoms with E-state index in [1.54, 1.807) is 23.1 Å². The summed E-state index contributed by atoms with van der Waals surface area (Å²) in [7, 11) is 0. The molecule has 1 aromatic rings. The van der Waals surface area contributed by atoms with E-state index in [1.165, 1.54) is 0 Å². The summed E-state index contributed by atoms with van der Waals surface area (Å²) in [5.41, 5.74) is 5.70. The Balaban J connectivity index is 2.13. The Bertz CT molecular complexity index is 482. The van der Waals surface area contributed by atoms with E-state index in [9.17, 15) is 9.90 Å². The summed E-state index contributed by atoms with van der Waals surface area (Å²) in [4.78, 5) is 13.8. The van der Waals surface area contributed by atoms with Crippen molar-refractivity contribution < 1.29 is 9.90 Å². The van der Waals surface area contributed by atoms with E-state index in [4.69, 9.17) is 17.3 Å². The molecule has 4 nitrogen and oxygen atoms in total. The van der Waals surface area contributed by atoms with Gasteiger partial charge in [-0.05, 0) is 18.1 Å². The molecule has 0 aliphatic carbocycles. The van der Waals surface area contributed by atoms with Gasteiger partial charge in [-0.25, -0.2) is 0 Å². The first-order valence-electron chi connectivity index (χ1n) is 5.91. The van der Waals surface area contributed by atoms with Crippen molar-refractivity contribution in [2.45, 2.75) is 19.4 Å². The molecule has 0 atom stereocenters. The molecule has 2 rings (SSSR count). The zero-order valence-electron chi connectivity index (χ0n) is 10.5. The van der Waals surface area contributed by atoms with Gasteiger partial charge in [-0.1, -0.05) is 31.5 Å². The number of amides is 1. The van der Waals surface area contributed by atoms with E-state index in [0.29, 0.717) is 29.4 Å². The van der Waals surface area contributed by atoms with Gasteiger partial charge in [0.05, 0.1) is 29.4 Å². The average molecular weight is 269 g/mol. The summed E-state index contributed by atoms with van der Waals surface area (Å²) in [6, 6.07) is 4.99. The highest BCUT2D eigenvalue weighted by Crippen LogP contribution is 2.31. The monoisotopic (exact) mass is 268 g/mol. The largest absolute Gasteiger partial charge is 0.397 e. The van der Waals surface area contributed by atoms with Gasteiger partial charge in [0, 0.05) is 0 Å². The molecule has 1 aliphatic rings. The number of carbonyl (C=O) groups is 1. The van der Waals surface area contributed by atoms with Gasteiger partial charge in [0.15, 0.2) is 0 Å². The van der Waals surface area contributed by atoms with Gasteiger partial charge in [-0.15, -0.1) is 0 Å². The average Bonchev–Trinajstić information content (AvgIpc) is 2.27. The normalized spacial score (nSPS) is 17.7. The van der Waals surface area contributed by atoms with Crippen molar-refractivity contribution in [3.8, 4) is 0 Å². The second kappa shape index (κ2) is 4.44. The number of anilines is 1. The molecule has 3 N–H and O–H groups in total. The molecule has 0 spiro atoms. The van der Waals surface area contributed by atoms with E-state index >= 15 is 0 Å². The fourth-order valence-corrected chi connectivity index (χ4v) is 2.19. The van der Waals surface area contributed by atoms with Crippen molar-refractivity contribution in [2.75, 3.05) is 18.8 Å². The van der Waals surface area contributed by atoms with Gasteiger partial charge in [0.1, 0.15) is 5.60 Å². The van der Waals surface area contributed by atoms with Crippen LogP contribution in [0.3, 0.4) is 0 Å². The zero-order chi connectivity index (χ0) is 13.5. The van der Waals surface area contributed by atoms with Crippen LogP contribution in [-0.2, 0) is 0 Å². The lowest BCUT2D eigenvalue weighted by molar-refractivity contribution is -0.110. The first-order valence-corrected chi connectivity index (χ1v) is 6.28. The molecule has 18 heavy (non-hydrogen) atoms. The van der Waals surface area contributed by atoms with Gasteiger partial charge >= 0.3 is 0 Å². The number of carbonyl (C=O) groups excluding carboxylic acids is 1. The standard InChI is InChI=1S/C13H17ClN2O2/c1-8(2)13(18)6-16(7-13)12(17)9-4-3-5-10(14)11(9)15/h3-5,8,18H,6-7,15H2,1-2H3. The lowest BCUT2D eigenvalue weighted by atomic mass is 9.82. The van der Waals surface area contributed by atoms with Gasteiger partial charge < -0.3 is 15.7 Å². The van der Waals surface area contributed by atoms with Gasteiger partial charge in [0.25, 0.3) is 5.91 Å². The molecule has 0 aromatic heterocycles. The lowest BCUT2D eigenvalue weighted by Gasteiger charge is -2.49. The van der Waals surface area contributed by atoms with Crippen LogP contribution in [0.2, 0.25) is 5.02 Å². The first-order chi connectivity index (χ1) is 8.35. The maximum absolute atomic E-state index is 12.2. The number of para-hydroxylation sites is 1. The molecule has 1 aromatic carbocycles. The highest BCUT2D eigenvalue weighted by atomic mass is 35.5. The van der Waals surface area contributed by atoms with Crippen molar-refractivity contribution in [1.82, 2.24) is 4.90 Å². The third-order valence-electron chi connectivity index (χ3n) is 3.57. The van der Waals surface area contributed by atoms with E-state index in [-0.39, 0.29) is 11.8 Å². The maximum atomic E-state index is 12.2. The molecule has 1 aliphatic heterocycles. The van der Waals surface area contributed by atoms with Gasteiger partial charge in [0.2, 0.25) is 0 Å². The molecule has 1 fully saturated rings. The van der Waals surface area contributed by atoms with Crippen molar-refractivity contribution in [2.24, 2.45) is 5.92 Å². The molecular formula is C13H17ClN2O2. The van der Waals surface area contributed by atoms with Crippen LogP contribution < -0.4 is 5.73 Å². The van der Waals surface area contributed by atoms with Gasteiger partial charge in [-0.2, -0.15) is 0 Å². The Morgan fingerprint density at radius 3 is 2.67 bits per heavy atom. The number of hydrogen-bond donors (Lipinski definition) is 2. The molecule has 0 radical (unpaired) electrons. The number of β-amino-alcohol motifs (C(OH)–C–C–N with tert-alkyl or cyclic N) is 1. The molecule has 0 unspecified atom stereocenters. The van der Waals surface area contributed by atoms with E-state index in [0.717, 1.165) is 0 Å². The zero-order valence-corrected chi connectivity index (χ0v) is 11.2. The number of nitrogen functional groups attached to an aromatic ring is 1. The number of benzene rings is 1. The molecule has 1 heterocycles. The van der Waals surface area contributed by atoms with Crippen LogP contribution in [-0.4, -0.2) is 34.6 Å². The Kier molecular flexibility index (Phi) is 3.25. The number of aliphatic hydroxyl groups is 1. The molecule has 1 saturated heterocycles. The molecule has 98 valence electrons. The molecule has 5 heteroatoms. The SMILES string of the molecule is CC(C)C1(O)CN(C(=O)c2cccc(Cl)c2N)C1. The highest BCUT2D eigenvalue weighted by Gasteiger charge is 2.46. The molecule has 0 saturated carbocycles. The molecular weight excluding hydrogens is 252 g/mol. The predicted octanol–water partition coefficient (Wildman–Crippen LogP) is 1.77. The van der Waals surface area contributed by atoms with E-state index < -0.39 is 5.60 Å². The lowest BCUT2D eigenvalue weighted by Crippen LogP contribution is -2.66. The van der Waals surface area contributed by atoms with Crippen molar-refractivity contribution in [3.63, 3.8) is 0 Å². The molecule has 1 amide bonds. The van der Waals surface area contributed by atoms with Crippen molar-refractivity contribution in [3.05, 3.63) is 28.8 Å². The van der Waals surface area contributed by atoms with Crippen LogP contribution >= 0.6 is 11.6 Å². The second-order valence-electron chi connectivity index (χ2n) is 5.12. The Hall–Kier alpha value is -1.26. The Labute approximate surface area is 111 Å².